The van der Waals surface area contributed by atoms with E-state index in [1.54, 1.807) is 0 Å². The summed E-state index contributed by atoms with van der Waals surface area (Å²) in [5.41, 5.74) is 18.0. The number of hydrogen-bond acceptors (Lipinski definition) is 48. The molecule has 14 heterocycles. The molecule has 0 spiro atoms. The van der Waals surface area contributed by atoms with Gasteiger partial charge in [0.25, 0.3) is 17.0 Å². The highest BCUT2D eigenvalue weighted by atomic mass is 31.2. The number of aliphatic carboxylic acids is 1. The molecule has 14 rings (SSSR count). The molecule has 0 saturated carbocycles. The van der Waals surface area contributed by atoms with E-state index >= 15 is 0 Å². The van der Waals surface area contributed by atoms with E-state index in [2.05, 4.69) is 55.2 Å². The number of imidazole rings is 2. The number of nitrogens with two attached hydrogens (primary N) is 4. The number of phosphoric ester groups is 5. The summed E-state index contributed by atoms with van der Waals surface area (Å²) in [6.07, 6.45) is -25.2. The number of hydrogen-bond donors (Lipinski definition) is 19. The lowest BCUT2D eigenvalue weighted by Crippen LogP contribution is -2.53. The van der Waals surface area contributed by atoms with Gasteiger partial charge in [0.2, 0.25) is 17.7 Å². The van der Waals surface area contributed by atoms with Crippen LogP contribution in [-0.2, 0) is 130 Å². The number of nitrogens with one attached hydrogen (secondary N) is 6. The van der Waals surface area contributed by atoms with Gasteiger partial charge in [0, 0.05) is 81.4 Å². The molecule has 73 heteroatoms. The van der Waals surface area contributed by atoms with E-state index in [9.17, 15) is 125 Å². The average Bonchev–Trinajstić information content (AvgIpc) is 1.63. The van der Waals surface area contributed by atoms with Crippen molar-refractivity contribution in [3.8, 4) is 0 Å². The third-order valence-corrected chi connectivity index (χ3v) is 28.2. The number of ether oxygens (including phenoxy) is 6. The molecule has 6 fully saturated rings. The van der Waals surface area contributed by atoms with Gasteiger partial charge in [0.1, 0.15) is 152 Å². The van der Waals surface area contributed by atoms with E-state index in [4.69, 9.17) is 101 Å². The van der Waals surface area contributed by atoms with Crippen LogP contribution in [0, 0.1) is 13.8 Å². The van der Waals surface area contributed by atoms with Crippen LogP contribution in [-0.4, -0.2) is 290 Å². The number of H-pyrrole nitrogens is 2. The molecule has 0 aliphatic carbocycles. The summed E-state index contributed by atoms with van der Waals surface area (Å²) in [6, 6.07) is -1.45. The number of carbonyl (C=O) groups is 5. The van der Waals surface area contributed by atoms with Crippen molar-refractivity contribution in [2.45, 2.75) is 188 Å². The summed E-state index contributed by atoms with van der Waals surface area (Å²) in [5, 5.41) is 37.5. The topological polar surface area (TPSA) is 946 Å². The van der Waals surface area contributed by atoms with Crippen molar-refractivity contribution in [1.82, 2.24) is 98.3 Å². The molecule has 4 amide bonds. The van der Waals surface area contributed by atoms with Crippen LogP contribution < -0.4 is 77.8 Å². The largest absolute Gasteiger partial charge is 0.481 e. The van der Waals surface area contributed by atoms with Crippen molar-refractivity contribution in [2.24, 2.45) is 0 Å². The fourth-order valence-electron chi connectivity index (χ4n) is 15.4. The van der Waals surface area contributed by atoms with Crippen molar-refractivity contribution in [3.05, 3.63) is 136 Å². The minimum Gasteiger partial charge on any atom is -0.481 e. The van der Waals surface area contributed by atoms with Gasteiger partial charge < -0.3 is 112 Å². The summed E-state index contributed by atoms with van der Waals surface area (Å²) in [7, 11) is -33.7. The second-order valence-corrected chi connectivity index (χ2v) is 40.7. The number of nitrogen functional groups attached to an aromatic ring is 4. The number of amides is 4. The Bertz CT molecular complexity index is 6770. The highest BCUT2D eigenvalue weighted by Gasteiger charge is 2.53. The summed E-state index contributed by atoms with van der Waals surface area (Å²) in [5.74, 6) is -7.34. The van der Waals surface area contributed by atoms with Crippen LogP contribution in [0.25, 0.3) is 22.3 Å². The molecule has 6 aliphatic rings. The first-order valence-corrected chi connectivity index (χ1v) is 50.9. The molecular formula is C69H92N24O43P6. The van der Waals surface area contributed by atoms with Crippen LogP contribution >= 0.6 is 46.9 Å². The Labute approximate surface area is 791 Å². The van der Waals surface area contributed by atoms with Crippen LogP contribution in [0.4, 0.5) is 23.3 Å². The maximum absolute atomic E-state index is 14.6. The molecule has 6 saturated heterocycles. The number of nitrogens with zero attached hydrogens (tertiary/aromatic N) is 14. The number of aromatic amines is 2. The Morgan fingerprint density at radius 2 is 0.817 bits per heavy atom. The molecule has 0 bridgehead atoms. The molecule has 0 radical (unpaired) electrons. The predicted octanol–water partition coefficient (Wildman–Crippen LogP) is -5.37. The molecule has 776 valence electrons. The summed E-state index contributed by atoms with van der Waals surface area (Å²) in [4.78, 5) is 244. The Morgan fingerprint density at radius 3 is 1.18 bits per heavy atom. The maximum atomic E-state index is 14.6. The van der Waals surface area contributed by atoms with Gasteiger partial charge in [-0.25, -0.2) is 76.5 Å². The first-order chi connectivity index (χ1) is 66.8. The van der Waals surface area contributed by atoms with Gasteiger partial charge in [-0.1, -0.05) is 0 Å². The van der Waals surface area contributed by atoms with Gasteiger partial charge in [0.05, 0.1) is 78.0 Å². The molecule has 26 atom stereocenters. The van der Waals surface area contributed by atoms with E-state index < -0.39 is 324 Å². The lowest BCUT2D eigenvalue weighted by atomic mass is 10.2. The van der Waals surface area contributed by atoms with Gasteiger partial charge in [0.15, 0.2) is 22.9 Å². The molecule has 23 N–H and O–H groups in total. The first-order valence-electron chi connectivity index (χ1n) is 41.9. The van der Waals surface area contributed by atoms with E-state index in [1.807, 2.05) is 10.6 Å². The smallest absolute Gasteiger partial charge is 0.472 e. The molecular weight excluding hydrogens is 2040 g/mol. The molecule has 142 heavy (non-hydrogen) atoms. The van der Waals surface area contributed by atoms with Gasteiger partial charge in [-0.05, 0) is 26.0 Å². The lowest BCUT2D eigenvalue weighted by molar-refractivity contribution is -0.140. The molecule has 6 unspecified atom stereocenters. The van der Waals surface area contributed by atoms with Gasteiger partial charge >= 0.3 is 75.6 Å². The molecule has 8 aromatic heterocycles. The fraction of sp³-hybridized carbons (Fsp3) is 0.551. The number of anilines is 4. The SMILES string of the molecule is CC(=O)N[C@@H](CO)C(=O)NCC(=O)N[C@@H](CC(=O)O)C(=O)NP(=O)(O)OC[C@H]1O[C@@H](n2ccc(N)nc2=O)C[C@@H]1OP(=O)(O)OC[C@H]1O[C@@H](n2cnc3c(N)ncnc32)C[C@@H]1OP(=O)(O)OC[C@H]1O[C@@H](n2cc(C)c(=O)[nH]c2=O)C[C@@H]1OP(=O)(O)OC[C@H]1O[C@@H](n2ccc(N)nc2=O)C[C@@H]1OP(=O)(O)OC[C@H]1O[C@@H](n2cnc3c(N)ncnc32)C[C@@H]1OP(=O)(O)OC[C@H]1O[C@@H](n2cc(C)c(=O)[nH]c2=O)C[C@@H]1O. The maximum Gasteiger partial charge on any atom is 0.472 e. The number of carboxylic acid groups (broad SMARTS) is 1. The number of carbonyl (C=O) groups excluding carboxylic acids is 4. The number of phosphoric acid groups is 5. The van der Waals surface area contributed by atoms with E-state index in [1.165, 1.54) is 40.6 Å². The number of aliphatic hydroxyl groups excluding tert-OH is 2. The highest BCUT2D eigenvalue weighted by molar-refractivity contribution is 7.51. The zero-order chi connectivity index (χ0) is 103. The number of fused-ring (bicyclic) bond motifs is 2. The highest BCUT2D eigenvalue weighted by Crippen LogP contribution is 2.57. The standard InChI is InChI=1S/C69H92N24O43P6/c1-29-16-90(68(106)85-62(29)100)49-9-34(96)40(126-49)19-121-138(110,111)135-38-13-53(92-27-79-56-58(72)75-25-77-60(56)92)130-44(38)23-125-140(114,115)133-36-11-51(89-7-5-47(71)84-67(89)105)128-42(36)21-122-141(116,117)134-37-12-52(91-17-30(2)63(101)86-69(91)107)129-43(37)22-123-142(118,119)136-39-14-54(93-28-80-57-59(73)76-26-78-61(57)93)131-45(39)24-124-139(112,113)132-35-10-50(88-6-4-46(70)83-66(88)104)127-41(35)20-120-137(108,109)87-65(103)32(8-55(98)99)82-48(97)15-74-64(102)33(18-94)81-31(3)95/h4-7,16-17,25-28,32-45,49-54,94,96H,8-15,18-24H2,1-3H3,(H,74,102)(H,81,95)(H,82,97)(H,98,99)(H,110,111)(H,112,113)(H,114,115)(H,116,117)(H,118,119)(H2,70,83,104)(H2,71,84,105)(H2,72,75,77)(H2,73,76,78)(H,85,100,106)(H,86,101,107)(H2,87,103,108,109)/t32-,33-,34-,35-,36-,37-,38-,39-,40+,41+,42+,43+,44+,45+,49+,50+,51+,52+,53+,54+/m0/s1. The predicted molar refractivity (Wildman–Crippen MR) is 464 cm³/mol. The van der Waals surface area contributed by atoms with Crippen molar-refractivity contribution < 1.29 is 174 Å². The number of rotatable bonds is 44. The summed E-state index contributed by atoms with van der Waals surface area (Å²) >= 11 is 0. The van der Waals surface area contributed by atoms with Gasteiger partial charge in [-0.2, -0.15) is 9.97 Å². The van der Waals surface area contributed by atoms with E-state index in [0.29, 0.717) is 0 Å². The second-order valence-electron chi connectivity index (χ2n) is 32.2. The number of carboxylic acids is 1. The lowest BCUT2D eigenvalue weighted by Gasteiger charge is -2.26. The first kappa shape index (κ1) is 107. The normalized spacial score (nSPS) is 27.5. The molecule has 0 aromatic carbocycles. The summed E-state index contributed by atoms with van der Waals surface area (Å²) in [6.45, 7) is -4.99. The third-order valence-electron chi connectivity index (χ3n) is 22.1. The number of aromatic nitrogens is 16. The number of aliphatic hydroxyl groups is 2. The summed E-state index contributed by atoms with van der Waals surface area (Å²) < 4.78 is 188. The zero-order valence-corrected chi connectivity index (χ0v) is 79.0. The second kappa shape index (κ2) is 44.0. The number of aryl methyl sites for hydroxylation is 2. The van der Waals surface area contributed by atoms with Crippen molar-refractivity contribution in [2.75, 3.05) is 75.7 Å². The quantitative estimate of drug-likeness (QED) is 0.0159. The zero-order valence-electron chi connectivity index (χ0n) is 73.6. The van der Waals surface area contributed by atoms with Crippen LogP contribution in [0.5, 0.6) is 0 Å². The monoisotopic (exact) mass is 2130 g/mol. The fourth-order valence-corrected chi connectivity index (χ4v) is 21.0. The Kier molecular flexibility index (Phi) is 33.1. The van der Waals surface area contributed by atoms with E-state index in [0.717, 1.165) is 74.9 Å². The molecule has 8 aromatic rings. The Morgan fingerprint density at radius 1 is 0.472 bits per heavy atom. The van der Waals surface area contributed by atoms with Gasteiger partial charge in [-0.3, -0.25) is 126 Å². The van der Waals surface area contributed by atoms with E-state index in [-0.39, 0.29) is 63.1 Å². The Hall–Kier alpha value is -10.8. The van der Waals surface area contributed by atoms with Crippen LogP contribution in [0.3, 0.4) is 0 Å². The average molecular weight is 2130 g/mol. The molecule has 6 aliphatic heterocycles. The minimum absolute atomic E-state index is 0.00101. The minimum atomic E-state index is -5.74. The van der Waals surface area contributed by atoms with Crippen LogP contribution in [0.2, 0.25) is 0 Å². The van der Waals surface area contributed by atoms with Crippen molar-refractivity contribution in [3.63, 3.8) is 0 Å². The molecule has 67 nitrogen and oxygen atoms in total. The Balaban J connectivity index is 0.653. The van der Waals surface area contributed by atoms with Crippen molar-refractivity contribution in [1.29, 1.82) is 0 Å². The van der Waals surface area contributed by atoms with Crippen LogP contribution in [0.1, 0.15) is 100 Å². The van der Waals surface area contributed by atoms with Gasteiger partial charge in [-0.15, -0.1) is 0 Å². The van der Waals surface area contributed by atoms with Crippen LogP contribution in [0.15, 0.2) is 91.0 Å². The third kappa shape index (κ3) is 26.6. The van der Waals surface area contributed by atoms with Crippen molar-refractivity contribution >= 4 is 122 Å².